The van der Waals surface area contributed by atoms with Gasteiger partial charge >= 0.3 is 0 Å². The fourth-order valence-corrected chi connectivity index (χ4v) is 2.47. The molecule has 1 aromatic rings. The van der Waals surface area contributed by atoms with Crippen LogP contribution in [0.25, 0.3) is 0 Å². The van der Waals surface area contributed by atoms with E-state index in [0.29, 0.717) is 12.3 Å². The maximum absolute atomic E-state index is 9.93. The summed E-state index contributed by atoms with van der Waals surface area (Å²) < 4.78 is 2.68. The highest BCUT2D eigenvalue weighted by Crippen LogP contribution is 2.35. The van der Waals surface area contributed by atoms with E-state index in [0.717, 1.165) is 28.7 Å². The fourth-order valence-electron chi connectivity index (χ4n) is 1.97. The second-order valence-electron chi connectivity index (χ2n) is 4.57. The first-order valence-electron chi connectivity index (χ1n) is 5.54. The van der Waals surface area contributed by atoms with Gasteiger partial charge in [-0.05, 0) is 41.6 Å². The molecule has 1 aliphatic rings. The van der Waals surface area contributed by atoms with Crippen molar-refractivity contribution in [1.29, 1.82) is 0 Å². The van der Waals surface area contributed by atoms with Crippen molar-refractivity contribution in [2.24, 2.45) is 13.0 Å². The zero-order valence-electron chi connectivity index (χ0n) is 9.52. The van der Waals surface area contributed by atoms with Crippen molar-refractivity contribution < 1.29 is 10.2 Å². The number of hydrogen-bond acceptors (Lipinski definition) is 3. The number of aryl methyl sites for hydroxylation is 2. The van der Waals surface area contributed by atoms with Crippen molar-refractivity contribution in [1.82, 2.24) is 9.78 Å². The Morgan fingerprint density at radius 3 is 2.56 bits per heavy atom. The molecule has 0 saturated heterocycles. The minimum atomic E-state index is -0.696. The first-order chi connectivity index (χ1) is 7.50. The normalized spacial score (nSPS) is 19.8. The van der Waals surface area contributed by atoms with Crippen molar-refractivity contribution in [2.45, 2.75) is 38.4 Å². The molecule has 0 aliphatic heterocycles. The van der Waals surface area contributed by atoms with Crippen molar-refractivity contribution in [3.63, 3.8) is 0 Å². The molecule has 0 bridgehead atoms. The molecule has 16 heavy (non-hydrogen) atoms. The van der Waals surface area contributed by atoms with Gasteiger partial charge in [0.25, 0.3) is 0 Å². The summed E-state index contributed by atoms with van der Waals surface area (Å²) in [6.45, 7) is 1.91. The molecule has 90 valence electrons. The van der Waals surface area contributed by atoms with Crippen LogP contribution >= 0.6 is 15.9 Å². The van der Waals surface area contributed by atoms with Crippen LogP contribution in [0, 0.1) is 12.8 Å². The van der Waals surface area contributed by atoms with Crippen LogP contribution in [-0.4, -0.2) is 32.2 Å². The topological polar surface area (TPSA) is 58.3 Å². The highest BCUT2D eigenvalue weighted by atomic mass is 79.9. The summed E-state index contributed by atoms with van der Waals surface area (Å²) in [4.78, 5) is 0. The van der Waals surface area contributed by atoms with E-state index in [9.17, 15) is 10.2 Å². The Bertz CT molecular complexity index is 388. The molecule has 0 aromatic carbocycles. The van der Waals surface area contributed by atoms with Gasteiger partial charge in [0.05, 0.1) is 28.1 Å². The number of aromatic nitrogens is 2. The van der Waals surface area contributed by atoms with Gasteiger partial charge in [0.15, 0.2) is 0 Å². The predicted molar refractivity (Wildman–Crippen MR) is 64.1 cm³/mol. The molecule has 2 atom stereocenters. The van der Waals surface area contributed by atoms with Crippen LogP contribution in [0.4, 0.5) is 0 Å². The Morgan fingerprint density at radius 1 is 1.50 bits per heavy atom. The summed E-state index contributed by atoms with van der Waals surface area (Å²) in [7, 11) is 1.85. The molecule has 1 aliphatic carbocycles. The SMILES string of the molecule is Cc1nn(C)c(CC(O)C(O)C2CC2)c1Br. The summed E-state index contributed by atoms with van der Waals surface area (Å²) in [5.74, 6) is 0.295. The number of aliphatic hydroxyl groups is 2. The molecule has 1 fully saturated rings. The lowest BCUT2D eigenvalue weighted by Crippen LogP contribution is -2.30. The third-order valence-corrected chi connectivity index (χ3v) is 4.19. The Morgan fingerprint density at radius 2 is 2.12 bits per heavy atom. The molecule has 1 saturated carbocycles. The summed E-state index contributed by atoms with van der Waals surface area (Å²) in [5, 5.41) is 24.0. The van der Waals surface area contributed by atoms with Crippen molar-refractivity contribution in [2.75, 3.05) is 0 Å². The third kappa shape index (κ3) is 2.31. The third-order valence-electron chi connectivity index (χ3n) is 3.16. The molecule has 0 spiro atoms. The zero-order valence-corrected chi connectivity index (χ0v) is 11.1. The molecule has 1 heterocycles. The van der Waals surface area contributed by atoms with Gasteiger partial charge in [-0.15, -0.1) is 0 Å². The molecule has 0 radical (unpaired) electrons. The van der Waals surface area contributed by atoms with Gasteiger partial charge < -0.3 is 10.2 Å². The van der Waals surface area contributed by atoms with Crippen molar-refractivity contribution in [3.8, 4) is 0 Å². The zero-order chi connectivity index (χ0) is 11.9. The minimum absolute atomic E-state index is 0.295. The van der Waals surface area contributed by atoms with Gasteiger partial charge in [0.2, 0.25) is 0 Å². The van der Waals surface area contributed by atoms with E-state index in [1.807, 2.05) is 14.0 Å². The van der Waals surface area contributed by atoms with E-state index in [2.05, 4.69) is 21.0 Å². The van der Waals surface area contributed by atoms with E-state index >= 15 is 0 Å². The highest BCUT2D eigenvalue weighted by molar-refractivity contribution is 9.10. The number of nitrogens with zero attached hydrogens (tertiary/aromatic N) is 2. The van der Waals surface area contributed by atoms with Gasteiger partial charge in [-0.2, -0.15) is 5.10 Å². The number of hydrogen-bond donors (Lipinski definition) is 2. The van der Waals surface area contributed by atoms with Crippen LogP contribution in [0.3, 0.4) is 0 Å². The Balaban J connectivity index is 2.07. The summed E-state index contributed by atoms with van der Waals surface area (Å²) in [6.07, 6.45) is 1.21. The molecule has 2 N–H and O–H groups in total. The number of rotatable bonds is 4. The van der Waals surface area contributed by atoms with Crippen molar-refractivity contribution >= 4 is 15.9 Å². The summed E-state index contributed by atoms with van der Waals surface area (Å²) in [6, 6.07) is 0. The van der Waals surface area contributed by atoms with Crippen molar-refractivity contribution in [3.05, 3.63) is 15.9 Å². The molecular formula is C11H17BrN2O2. The van der Waals surface area contributed by atoms with E-state index in [1.165, 1.54) is 0 Å². The Kier molecular flexibility index (Phi) is 3.37. The minimum Gasteiger partial charge on any atom is -0.390 e. The van der Waals surface area contributed by atoms with Crippen LogP contribution in [0.15, 0.2) is 4.47 Å². The lowest BCUT2D eigenvalue weighted by atomic mass is 10.0. The monoisotopic (exact) mass is 288 g/mol. The van der Waals surface area contributed by atoms with Crippen LogP contribution in [-0.2, 0) is 13.5 Å². The largest absolute Gasteiger partial charge is 0.390 e. The summed E-state index contributed by atoms with van der Waals surface area (Å²) in [5.41, 5.74) is 1.84. The van der Waals surface area contributed by atoms with Gasteiger partial charge in [-0.25, -0.2) is 0 Å². The second-order valence-corrected chi connectivity index (χ2v) is 5.36. The van der Waals surface area contributed by atoms with Gasteiger partial charge in [-0.1, -0.05) is 0 Å². The average Bonchev–Trinajstić information content (AvgIpc) is 3.03. The number of aliphatic hydroxyl groups excluding tert-OH is 2. The van der Waals surface area contributed by atoms with Crippen LogP contribution < -0.4 is 0 Å². The van der Waals surface area contributed by atoms with Crippen LogP contribution in [0.5, 0.6) is 0 Å². The molecule has 1 aromatic heterocycles. The van der Waals surface area contributed by atoms with Gasteiger partial charge in [0.1, 0.15) is 0 Å². The first kappa shape index (κ1) is 12.1. The average molecular weight is 289 g/mol. The predicted octanol–water partition coefficient (Wildman–Crippen LogP) is 1.17. The second kappa shape index (κ2) is 4.47. The highest BCUT2D eigenvalue weighted by Gasteiger charge is 2.35. The van der Waals surface area contributed by atoms with E-state index in [4.69, 9.17) is 0 Å². The molecule has 5 heteroatoms. The molecule has 2 unspecified atom stereocenters. The maximum Gasteiger partial charge on any atom is 0.0857 e. The molecule has 4 nitrogen and oxygen atoms in total. The fraction of sp³-hybridized carbons (Fsp3) is 0.727. The van der Waals surface area contributed by atoms with Crippen LogP contribution in [0.2, 0.25) is 0 Å². The Labute approximate surface area is 103 Å². The molecule has 2 rings (SSSR count). The summed E-state index contributed by atoms with van der Waals surface area (Å²) >= 11 is 3.46. The Hall–Kier alpha value is -0.390. The molecular weight excluding hydrogens is 272 g/mol. The van der Waals surface area contributed by atoms with Gasteiger partial charge in [0, 0.05) is 13.5 Å². The van der Waals surface area contributed by atoms with Gasteiger partial charge in [-0.3, -0.25) is 4.68 Å². The molecule has 0 amide bonds. The van der Waals surface area contributed by atoms with E-state index < -0.39 is 12.2 Å². The number of halogens is 1. The maximum atomic E-state index is 9.93. The first-order valence-corrected chi connectivity index (χ1v) is 6.34. The van der Waals surface area contributed by atoms with E-state index in [1.54, 1.807) is 4.68 Å². The quantitative estimate of drug-likeness (QED) is 0.874. The lowest BCUT2D eigenvalue weighted by molar-refractivity contribution is 0.00569. The van der Waals surface area contributed by atoms with E-state index in [-0.39, 0.29) is 0 Å². The standard InChI is InChI=1S/C11H17BrN2O2/c1-6-10(12)8(14(2)13-6)5-9(15)11(16)7-3-4-7/h7,9,11,15-16H,3-5H2,1-2H3. The smallest absolute Gasteiger partial charge is 0.0857 e. The lowest BCUT2D eigenvalue weighted by Gasteiger charge is -2.17. The van der Waals surface area contributed by atoms with Crippen LogP contribution in [0.1, 0.15) is 24.2 Å².